The number of rotatable bonds is 4. The molecule has 0 aliphatic carbocycles. The number of carbonyl (C=O) groups is 1. The molecule has 3 N–H and O–H groups in total. The number of carboxylic acid groups (broad SMARTS) is 1. The number of benzene rings is 2. The SMILES string of the molecule is CC(Oc1ccc2c(-c3ccc(N)cc3Cl)cc(=O)oc2c1)C(=O)O. The maximum Gasteiger partial charge on any atom is 0.344 e. The van der Waals surface area contributed by atoms with Gasteiger partial charge in [-0.25, -0.2) is 9.59 Å². The minimum absolute atomic E-state index is 0.269. The average Bonchev–Trinajstić information content (AvgIpc) is 2.53. The predicted octanol–water partition coefficient (Wildman–Crippen LogP) is 3.55. The molecule has 2 aromatic carbocycles. The number of nitrogens with two attached hydrogens (primary N) is 1. The zero-order chi connectivity index (χ0) is 18.1. The first-order valence-electron chi connectivity index (χ1n) is 7.38. The van der Waals surface area contributed by atoms with Crippen LogP contribution in [-0.4, -0.2) is 17.2 Å². The van der Waals surface area contributed by atoms with Crippen molar-refractivity contribution in [2.24, 2.45) is 0 Å². The van der Waals surface area contributed by atoms with Crippen molar-refractivity contribution in [1.29, 1.82) is 0 Å². The van der Waals surface area contributed by atoms with E-state index in [9.17, 15) is 9.59 Å². The Morgan fingerprint density at radius 1 is 1.20 bits per heavy atom. The maximum atomic E-state index is 11.9. The van der Waals surface area contributed by atoms with Crippen LogP contribution in [0.25, 0.3) is 22.1 Å². The van der Waals surface area contributed by atoms with Crippen LogP contribution in [0.15, 0.2) is 51.7 Å². The van der Waals surface area contributed by atoms with Crippen LogP contribution in [0.3, 0.4) is 0 Å². The van der Waals surface area contributed by atoms with E-state index in [4.69, 9.17) is 31.6 Å². The Morgan fingerprint density at radius 2 is 1.96 bits per heavy atom. The molecule has 0 bridgehead atoms. The van der Waals surface area contributed by atoms with Gasteiger partial charge < -0.3 is 20.0 Å². The largest absolute Gasteiger partial charge is 0.479 e. The van der Waals surface area contributed by atoms with Crippen molar-refractivity contribution in [2.45, 2.75) is 13.0 Å². The van der Waals surface area contributed by atoms with Crippen molar-refractivity contribution >= 4 is 34.2 Å². The fourth-order valence-corrected chi connectivity index (χ4v) is 2.73. The van der Waals surface area contributed by atoms with Gasteiger partial charge in [-0.1, -0.05) is 17.7 Å². The summed E-state index contributed by atoms with van der Waals surface area (Å²) in [6.45, 7) is 1.41. The second-order valence-corrected chi connectivity index (χ2v) is 5.88. The normalized spacial score (nSPS) is 12.1. The molecule has 3 rings (SSSR count). The molecule has 0 radical (unpaired) electrons. The van der Waals surface area contributed by atoms with Gasteiger partial charge in [0.25, 0.3) is 0 Å². The molecule has 3 aromatic rings. The van der Waals surface area contributed by atoms with Crippen LogP contribution in [-0.2, 0) is 4.79 Å². The molecule has 1 unspecified atom stereocenters. The molecule has 0 spiro atoms. The van der Waals surface area contributed by atoms with Crippen molar-refractivity contribution in [1.82, 2.24) is 0 Å². The van der Waals surface area contributed by atoms with E-state index in [1.807, 2.05) is 0 Å². The minimum atomic E-state index is -1.09. The first-order chi connectivity index (χ1) is 11.8. The van der Waals surface area contributed by atoms with Crippen molar-refractivity contribution in [3.05, 3.63) is 57.9 Å². The van der Waals surface area contributed by atoms with Gasteiger partial charge in [0.15, 0.2) is 6.10 Å². The predicted molar refractivity (Wildman–Crippen MR) is 95.1 cm³/mol. The molecule has 0 saturated heterocycles. The summed E-state index contributed by atoms with van der Waals surface area (Å²) in [6, 6.07) is 11.1. The van der Waals surface area contributed by atoms with Crippen LogP contribution in [0.1, 0.15) is 6.92 Å². The number of anilines is 1. The van der Waals surface area contributed by atoms with Crippen LogP contribution >= 0.6 is 11.6 Å². The van der Waals surface area contributed by atoms with Crippen molar-refractivity contribution in [3.63, 3.8) is 0 Å². The molecule has 0 aliphatic heterocycles. The van der Waals surface area contributed by atoms with Crippen molar-refractivity contribution in [3.8, 4) is 16.9 Å². The highest BCUT2D eigenvalue weighted by molar-refractivity contribution is 6.34. The first kappa shape index (κ1) is 16.9. The Balaban J connectivity index is 2.14. The van der Waals surface area contributed by atoms with E-state index in [1.54, 1.807) is 30.3 Å². The average molecular weight is 360 g/mol. The van der Waals surface area contributed by atoms with E-state index in [2.05, 4.69) is 0 Å². The highest BCUT2D eigenvalue weighted by atomic mass is 35.5. The quantitative estimate of drug-likeness (QED) is 0.545. The highest BCUT2D eigenvalue weighted by Gasteiger charge is 2.15. The lowest BCUT2D eigenvalue weighted by Crippen LogP contribution is -2.22. The van der Waals surface area contributed by atoms with Crippen molar-refractivity contribution in [2.75, 3.05) is 5.73 Å². The Kier molecular flexibility index (Phi) is 4.37. The second-order valence-electron chi connectivity index (χ2n) is 5.47. The third-order valence-corrected chi connectivity index (χ3v) is 3.97. The molecule has 7 heteroatoms. The Hall–Kier alpha value is -2.99. The molecule has 25 heavy (non-hydrogen) atoms. The molecular formula is C18H14ClNO5. The highest BCUT2D eigenvalue weighted by Crippen LogP contribution is 2.34. The minimum Gasteiger partial charge on any atom is -0.479 e. The topological polar surface area (TPSA) is 103 Å². The zero-order valence-electron chi connectivity index (χ0n) is 13.2. The Bertz CT molecular complexity index is 1030. The maximum absolute atomic E-state index is 11.9. The lowest BCUT2D eigenvalue weighted by molar-refractivity contribution is -0.144. The van der Waals surface area contributed by atoms with Gasteiger partial charge in [-0.15, -0.1) is 0 Å². The molecule has 0 amide bonds. The zero-order valence-corrected chi connectivity index (χ0v) is 13.9. The summed E-state index contributed by atoms with van der Waals surface area (Å²) in [5, 5.41) is 9.97. The number of fused-ring (bicyclic) bond motifs is 1. The summed E-state index contributed by atoms with van der Waals surface area (Å²) in [5.41, 5.74) is 7.17. The van der Waals surface area contributed by atoms with Crippen molar-refractivity contribution < 1.29 is 19.1 Å². The molecule has 0 saturated carbocycles. The van der Waals surface area contributed by atoms with Gasteiger partial charge in [0.2, 0.25) is 0 Å². The summed E-state index contributed by atoms with van der Waals surface area (Å²) in [6.07, 6.45) is -1.03. The summed E-state index contributed by atoms with van der Waals surface area (Å²) in [5.74, 6) is -0.810. The van der Waals surface area contributed by atoms with E-state index in [-0.39, 0.29) is 11.3 Å². The van der Waals surface area contributed by atoms with Crippen LogP contribution < -0.4 is 16.1 Å². The lowest BCUT2D eigenvalue weighted by Gasteiger charge is -2.12. The van der Waals surface area contributed by atoms with E-state index in [0.29, 0.717) is 27.2 Å². The number of hydrogen-bond donors (Lipinski definition) is 2. The van der Waals surface area contributed by atoms with Crippen LogP contribution in [0.2, 0.25) is 5.02 Å². The van der Waals surface area contributed by atoms with E-state index in [0.717, 1.165) is 0 Å². The molecule has 6 nitrogen and oxygen atoms in total. The molecule has 1 heterocycles. The molecule has 1 atom stereocenters. The van der Waals surface area contributed by atoms with Crippen LogP contribution in [0.4, 0.5) is 5.69 Å². The number of nitrogen functional groups attached to an aromatic ring is 1. The van der Waals surface area contributed by atoms with Crippen LogP contribution in [0.5, 0.6) is 5.75 Å². The van der Waals surface area contributed by atoms with Gasteiger partial charge >= 0.3 is 11.6 Å². The Labute approximate surface area is 147 Å². The van der Waals surface area contributed by atoms with E-state index < -0.39 is 17.7 Å². The summed E-state index contributed by atoms with van der Waals surface area (Å²) in [4.78, 5) is 22.8. The third kappa shape index (κ3) is 3.44. The fraction of sp³-hybridized carbons (Fsp3) is 0.111. The summed E-state index contributed by atoms with van der Waals surface area (Å²) in [7, 11) is 0. The molecular weight excluding hydrogens is 346 g/mol. The number of halogens is 1. The van der Waals surface area contributed by atoms with Gasteiger partial charge in [0, 0.05) is 34.3 Å². The van der Waals surface area contributed by atoms with E-state index in [1.165, 1.54) is 19.1 Å². The van der Waals surface area contributed by atoms with Gasteiger partial charge in [0.1, 0.15) is 11.3 Å². The first-order valence-corrected chi connectivity index (χ1v) is 7.75. The number of carboxylic acids is 1. The molecule has 0 fully saturated rings. The van der Waals surface area contributed by atoms with Crippen LogP contribution in [0, 0.1) is 0 Å². The monoisotopic (exact) mass is 359 g/mol. The van der Waals surface area contributed by atoms with Gasteiger partial charge in [0.05, 0.1) is 5.02 Å². The summed E-state index contributed by atoms with van der Waals surface area (Å²) >= 11 is 6.25. The van der Waals surface area contributed by atoms with Gasteiger partial charge in [-0.05, 0) is 31.2 Å². The van der Waals surface area contributed by atoms with Gasteiger partial charge in [-0.3, -0.25) is 0 Å². The fourth-order valence-electron chi connectivity index (χ4n) is 2.44. The number of aliphatic carboxylic acids is 1. The second kappa shape index (κ2) is 6.49. The Morgan fingerprint density at radius 3 is 2.64 bits per heavy atom. The lowest BCUT2D eigenvalue weighted by atomic mass is 10.0. The van der Waals surface area contributed by atoms with Gasteiger partial charge in [-0.2, -0.15) is 0 Å². The third-order valence-electron chi connectivity index (χ3n) is 3.66. The number of ether oxygens (including phenoxy) is 1. The summed E-state index contributed by atoms with van der Waals surface area (Å²) < 4.78 is 10.5. The smallest absolute Gasteiger partial charge is 0.344 e. The molecule has 1 aromatic heterocycles. The number of hydrogen-bond acceptors (Lipinski definition) is 5. The molecule has 128 valence electrons. The molecule has 0 aliphatic rings. The van der Waals surface area contributed by atoms with E-state index >= 15 is 0 Å². The standard InChI is InChI=1S/C18H14ClNO5/c1-9(18(22)23)24-11-3-5-13-14(8-17(21)25-16(13)7-11)12-4-2-10(20)6-15(12)19/h2-9H,20H2,1H3,(H,22,23).